The van der Waals surface area contributed by atoms with Crippen LogP contribution in [-0.4, -0.2) is 9.78 Å². The third-order valence-electron chi connectivity index (χ3n) is 2.22. The molecule has 0 bridgehead atoms. The Morgan fingerprint density at radius 1 is 1.38 bits per heavy atom. The lowest BCUT2D eigenvalue weighted by molar-refractivity contribution is 0.780. The third kappa shape index (κ3) is 1.57. The summed E-state index contributed by atoms with van der Waals surface area (Å²) < 4.78 is 1.86. The summed E-state index contributed by atoms with van der Waals surface area (Å²) in [6, 6.07) is 6.49. The van der Waals surface area contributed by atoms with Crippen molar-refractivity contribution < 1.29 is 0 Å². The molecule has 0 unspecified atom stereocenters. The van der Waals surface area contributed by atoms with E-state index >= 15 is 0 Å². The van der Waals surface area contributed by atoms with Crippen molar-refractivity contribution in [1.82, 2.24) is 9.78 Å². The number of fused-ring (bicyclic) bond motifs is 1. The highest BCUT2D eigenvalue weighted by atomic mass is 15.2. The molecule has 0 aliphatic rings. The molecule has 1 aromatic heterocycles. The van der Waals surface area contributed by atoms with Gasteiger partial charge in [-0.25, -0.2) is 0 Å². The molecule has 0 spiro atoms. The van der Waals surface area contributed by atoms with Crippen molar-refractivity contribution in [2.75, 3.05) is 0 Å². The SMILES string of the molecule is CCCc1ccc2nn(C)cc2c1. The van der Waals surface area contributed by atoms with E-state index in [-0.39, 0.29) is 0 Å². The third-order valence-corrected chi connectivity index (χ3v) is 2.22. The smallest absolute Gasteiger partial charge is 0.0923 e. The van der Waals surface area contributed by atoms with Crippen LogP contribution in [0.2, 0.25) is 0 Å². The number of aryl methyl sites for hydroxylation is 2. The van der Waals surface area contributed by atoms with E-state index in [4.69, 9.17) is 0 Å². The molecular weight excluding hydrogens is 160 g/mol. The maximum Gasteiger partial charge on any atom is 0.0923 e. The van der Waals surface area contributed by atoms with Gasteiger partial charge >= 0.3 is 0 Å². The summed E-state index contributed by atoms with van der Waals surface area (Å²) in [5.41, 5.74) is 2.49. The number of benzene rings is 1. The minimum absolute atomic E-state index is 1.09. The fourth-order valence-corrected chi connectivity index (χ4v) is 1.64. The molecule has 0 aliphatic heterocycles. The molecule has 2 nitrogen and oxygen atoms in total. The van der Waals surface area contributed by atoms with Gasteiger partial charge in [0.1, 0.15) is 0 Å². The topological polar surface area (TPSA) is 17.8 Å². The Balaban J connectivity index is 2.48. The van der Waals surface area contributed by atoms with Crippen molar-refractivity contribution in [3.8, 4) is 0 Å². The molecule has 13 heavy (non-hydrogen) atoms. The van der Waals surface area contributed by atoms with Crippen LogP contribution >= 0.6 is 0 Å². The van der Waals surface area contributed by atoms with Crippen LogP contribution in [0.25, 0.3) is 10.9 Å². The van der Waals surface area contributed by atoms with Gasteiger partial charge in [0, 0.05) is 18.6 Å². The molecule has 68 valence electrons. The first-order valence-corrected chi connectivity index (χ1v) is 4.72. The second-order valence-electron chi connectivity index (χ2n) is 3.45. The first-order valence-electron chi connectivity index (χ1n) is 4.72. The lowest BCUT2D eigenvalue weighted by Gasteiger charge is -1.96. The molecule has 0 radical (unpaired) electrons. The molecule has 0 fully saturated rings. The van der Waals surface area contributed by atoms with Crippen LogP contribution in [0.1, 0.15) is 18.9 Å². The van der Waals surface area contributed by atoms with Crippen LogP contribution in [0.3, 0.4) is 0 Å². The highest BCUT2D eigenvalue weighted by Crippen LogP contribution is 2.14. The fraction of sp³-hybridized carbons (Fsp3) is 0.364. The van der Waals surface area contributed by atoms with Gasteiger partial charge in [-0.15, -0.1) is 0 Å². The van der Waals surface area contributed by atoms with Crippen molar-refractivity contribution >= 4 is 10.9 Å². The van der Waals surface area contributed by atoms with E-state index < -0.39 is 0 Å². The maximum absolute atomic E-state index is 4.33. The second-order valence-corrected chi connectivity index (χ2v) is 3.45. The number of hydrogen-bond donors (Lipinski definition) is 0. The van der Waals surface area contributed by atoms with Crippen LogP contribution in [0.5, 0.6) is 0 Å². The number of nitrogens with zero attached hydrogens (tertiary/aromatic N) is 2. The van der Waals surface area contributed by atoms with Crippen LogP contribution in [0.15, 0.2) is 24.4 Å². The molecule has 0 saturated carbocycles. The van der Waals surface area contributed by atoms with E-state index in [1.165, 1.54) is 17.4 Å². The Morgan fingerprint density at radius 3 is 3.00 bits per heavy atom. The van der Waals surface area contributed by atoms with Crippen molar-refractivity contribution in [3.05, 3.63) is 30.0 Å². The van der Waals surface area contributed by atoms with Crippen LogP contribution in [-0.2, 0) is 13.5 Å². The summed E-state index contributed by atoms with van der Waals surface area (Å²) in [4.78, 5) is 0. The molecule has 0 amide bonds. The van der Waals surface area contributed by atoms with Crippen molar-refractivity contribution in [2.45, 2.75) is 19.8 Å². The normalized spacial score (nSPS) is 10.9. The van der Waals surface area contributed by atoms with Gasteiger partial charge in [-0.05, 0) is 24.1 Å². The summed E-state index contributed by atoms with van der Waals surface area (Å²) in [6.07, 6.45) is 4.42. The molecule has 1 aromatic carbocycles. The molecule has 0 saturated heterocycles. The highest BCUT2D eigenvalue weighted by molar-refractivity contribution is 5.78. The standard InChI is InChI=1S/C11H14N2/c1-3-4-9-5-6-11-10(7-9)8-13(2)12-11/h5-8H,3-4H2,1-2H3. The van der Waals surface area contributed by atoms with Crippen LogP contribution in [0.4, 0.5) is 0 Å². The van der Waals surface area contributed by atoms with Gasteiger partial charge < -0.3 is 0 Å². The lowest BCUT2D eigenvalue weighted by Crippen LogP contribution is -1.84. The Kier molecular flexibility index (Phi) is 2.05. The maximum atomic E-state index is 4.33. The van der Waals surface area contributed by atoms with E-state index in [0.717, 1.165) is 11.9 Å². The largest absolute Gasteiger partial charge is 0.275 e. The molecule has 0 atom stereocenters. The molecule has 0 aliphatic carbocycles. The quantitative estimate of drug-likeness (QED) is 0.684. The van der Waals surface area contributed by atoms with Crippen molar-refractivity contribution in [3.63, 3.8) is 0 Å². The molecule has 2 rings (SSSR count). The van der Waals surface area contributed by atoms with Crippen molar-refractivity contribution in [1.29, 1.82) is 0 Å². The van der Waals surface area contributed by atoms with E-state index in [1.807, 2.05) is 11.7 Å². The van der Waals surface area contributed by atoms with Gasteiger partial charge in [0.2, 0.25) is 0 Å². The number of rotatable bonds is 2. The molecule has 2 aromatic rings. The first-order chi connectivity index (χ1) is 6.29. The number of aromatic nitrogens is 2. The molecule has 0 N–H and O–H groups in total. The van der Waals surface area contributed by atoms with Gasteiger partial charge in [0.15, 0.2) is 0 Å². The van der Waals surface area contributed by atoms with E-state index in [0.29, 0.717) is 0 Å². The van der Waals surface area contributed by atoms with Gasteiger partial charge in [-0.3, -0.25) is 4.68 Å². The Morgan fingerprint density at radius 2 is 2.23 bits per heavy atom. The monoisotopic (exact) mass is 174 g/mol. The predicted molar refractivity (Wildman–Crippen MR) is 54.7 cm³/mol. The Hall–Kier alpha value is -1.31. The average Bonchev–Trinajstić information content (AvgIpc) is 2.44. The second kappa shape index (κ2) is 3.21. The molecule has 2 heteroatoms. The zero-order valence-electron chi connectivity index (χ0n) is 8.12. The summed E-state index contributed by atoms with van der Waals surface area (Å²) in [5, 5.41) is 5.57. The van der Waals surface area contributed by atoms with E-state index in [1.54, 1.807) is 0 Å². The summed E-state index contributed by atoms with van der Waals surface area (Å²) in [5.74, 6) is 0. The summed E-state index contributed by atoms with van der Waals surface area (Å²) >= 11 is 0. The van der Waals surface area contributed by atoms with Crippen LogP contribution in [0, 0.1) is 0 Å². The molecular formula is C11H14N2. The predicted octanol–water partition coefficient (Wildman–Crippen LogP) is 2.53. The van der Waals surface area contributed by atoms with E-state index in [9.17, 15) is 0 Å². The molecule has 1 heterocycles. The van der Waals surface area contributed by atoms with Gasteiger partial charge in [-0.1, -0.05) is 19.4 Å². The fourth-order valence-electron chi connectivity index (χ4n) is 1.64. The lowest BCUT2D eigenvalue weighted by atomic mass is 10.1. The van der Waals surface area contributed by atoms with Gasteiger partial charge in [-0.2, -0.15) is 5.10 Å². The van der Waals surface area contributed by atoms with Gasteiger partial charge in [0.05, 0.1) is 5.52 Å². The zero-order chi connectivity index (χ0) is 9.26. The van der Waals surface area contributed by atoms with E-state index in [2.05, 4.69) is 36.4 Å². The van der Waals surface area contributed by atoms with Crippen molar-refractivity contribution in [2.24, 2.45) is 7.05 Å². The first kappa shape index (κ1) is 8.30. The zero-order valence-corrected chi connectivity index (χ0v) is 8.12. The highest BCUT2D eigenvalue weighted by Gasteiger charge is 1.98. The minimum atomic E-state index is 1.09. The summed E-state index contributed by atoms with van der Waals surface area (Å²) in [6.45, 7) is 2.20. The average molecular weight is 174 g/mol. The Labute approximate surface area is 78.2 Å². The van der Waals surface area contributed by atoms with Gasteiger partial charge in [0.25, 0.3) is 0 Å². The minimum Gasteiger partial charge on any atom is -0.275 e. The number of hydrogen-bond acceptors (Lipinski definition) is 1. The van der Waals surface area contributed by atoms with Crippen LogP contribution < -0.4 is 0 Å². The summed E-state index contributed by atoms with van der Waals surface area (Å²) in [7, 11) is 1.96. The Bertz CT molecular complexity index is 415.